The smallest absolute Gasteiger partial charge is 0.248 e. The number of nitrogen functional groups attached to an aromatic ring is 1. The van der Waals surface area contributed by atoms with Gasteiger partial charge in [-0.05, 0) is 43.7 Å². The number of primary amides is 1. The van der Waals surface area contributed by atoms with Crippen molar-refractivity contribution in [3.05, 3.63) is 47.3 Å². The first-order valence-electron chi connectivity index (χ1n) is 7.26. The van der Waals surface area contributed by atoms with E-state index in [4.69, 9.17) is 11.5 Å². The molecule has 3 aromatic rings. The molecule has 8 nitrogen and oxygen atoms in total. The summed E-state index contributed by atoms with van der Waals surface area (Å²) in [5, 5.41) is 10.1. The monoisotopic (exact) mass is 323 g/mol. The molecule has 122 valence electrons. The minimum absolute atomic E-state index is 0.324. The van der Waals surface area contributed by atoms with Crippen molar-refractivity contribution in [2.45, 2.75) is 13.8 Å². The molecule has 8 heteroatoms. The Morgan fingerprint density at radius 3 is 2.62 bits per heavy atom. The molecular formula is C16H17N7O. The van der Waals surface area contributed by atoms with Gasteiger partial charge in [-0.25, -0.2) is 4.98 Å². The molecule has 0 bridgehead atoms. The molecule has 0 saturated carbocycles. The van der Waals surface area contributed by atoms with Crippen molar-refractivity contribution in [2.24, 2.45) is 5.73 Å². The molecule has 0 atom stereocenters. The van der Waals surface area contributed by atoms with Gasteiger partial charge in [0.05, 0.1) is 11.3 Å². The summed E-state index contributed by atoms with van der Waals surface area (Å²) in [6, 6.07) is 7.06. The molecule has 2 aromatic heterocycles. The van der Waals surface area contributed by atoms with Crippen LogP contribution in [0.25, 0.3) is 11.3 Å². The average molecular weight is 323 g/mol. The van der Waals surface area contributed by atoms with Gasteiger partial charge >= 0.3 is 0 Å². The van der Waals surface area contributed by atoms with Crippen LogP contribution in [-0.4, -0.2) is 26.1 Å². The molecule has 0 aliphatic heterocycles. The van der Waals surface area contributed by atoms with Crippen molar-refractivity contribution in [2.75, 3.05) is 11.1 Å². The Bertz CT molecular complexity index is 917. The standard InChI is InChI=1S/C16H17N7O/c1-8-5-10(3-4-11(8)15(18)24)20-16-19-7-12(14(17)21-16)13-6-9(2)22-23-13/h3-7H,1-2H3,(H2,18,24)(H,22,23)(H3,17,19,20,21). The van der Waals surface area contributed by atoms with Gasteiger partial charge in [-0.15, -0.1) is 0 Å². The van der Waals surface area contributed by atoms with E-state index in [9.17, 15) is 4.79 Å². The van der Waals surface area contributed by atoms with Crippen molar-refractivity contribution in [1.29, 1.82) is 0 Å². The summed E-state index contributed by atoms with van der Waals surface area (Å²) in [7, 11) is 0. The summed E-state index contributed by atoms with van der Waals surface area (Å²) in [6.07, 6.45) is 1.62. The number of aryl methyl sites for hydroxylation is 2. The van der Waals surface area contributed by atoms with Crippen LogP contribution in [-0.2, 0) is 0 Å². The molecule has 0 aliphatic carbocycles. The van der Waals surface area contributed by atoms with Crippen molar-refractivity contribution < 1.29 is 4.79 Å². The highest BCUT2D eigenvalue weighted by molar-refractivity contribution is 5.94. The van der Waals surface area contributed by atoms with E-state index >= 15 is 0 Å². The molecule has 0 fully saturated rings. The molecule has 24 heavy (non-hydrogen) atoms. The van der Waals surface area contributed by atoms with E-state index in [1.54, 1.807) is 24.4 Å². The first-order chi connectivity index (χ1) is 11.4. The fourth-order valence-corrected chi connectivity index (χ4v) is 2.36. The molecule has 0 unspecified atom stereocenters. The second-order valence-corrected chi connectivity index (χ2v) is 5.45. The molecule has 0 radical (unpaired) electrons. The van der Waals surface area contributed by atoms with Crippen LogP contribution >= 0.6 is 0 Å². The van der Waals surface area contributed by atoms with Gasteiger partial charge in [0.1, 0.15) is 5.82 Å². The third-order valence-electron chi connectivity index (χ3n) is 3.55. The number of aromatic amines is 1. The molecule has 0 aliphatic rings. The van der Waals surface area contributed by atoms with E-state index in [0.29, 0.717) is 28.6 Å². The predicted octanol–water partition coefficient (Wildman–Crippen LogP) is 1.91. The Hall–Kier alpha value is -3.42. The van der Waals surface area contributed by atoms with E-state index < -0.39 is 5.91 Å². The van der Waals surface area contributed by atoms with Crippen molar-refractivity contribution in [3.8, 4) is 11.3 Å². The highest BCUT2D eigenvalue weighted by Crippen LogP contribution is 2.24. The topological polar surface area (TPSA) is 136 Å². The fraction of sp³-hybridized carbons (Fsp3) is 0.125. The summed E-state index contributed by atoms with van der Waals surface area (Å²) >= 11 is 0. The van der Waals surface area contributed by atoms with Crippen LogP contribution in [0.1, 0.15) is 21.6 Å². The molecule has 2 heterocycles. The van der Waals surface area contributed by atoms with Crippen LogP contribution in [0, 0.1) is 13.8 Å². The van der Waals surface area contributed by atoms with Gasteiger partial charge in [0.25, 0.3) is 0 Å². The number of H-pyrrole nitrogens is 1. The molecule has 1 amide bonds. The third kappa shape index (κ3) is 3.02. The second-order valence-electron chi connectivity index (χ2n) is 5.45. The number of nitrogens with two attached hydrogens (primary N) is 2. The lowest BCUT2D eigenvalue weighted by molar-refractivity contribution is 0.1000. The van der Waals surface area contributed by atoms with Crippen LogP contribution in [0.5, 0.6) is 0 Å². The first-order valence-corrected chi connectivity index (χ1v) is 7.26. The predicted molar refractivity (Wildman–Crippen MR) is 91.7 cm³/mol. The van der Waals surface area contributed by atoms with Gasteiger partial charge in [-0.2, -0.15) is 10.1 Å². The minimum Gasteiger partial charge on any atom is -0.383 e. The van der Waals surface area contributed by atoms with Gasteiger partial charge < -0.3 is 16.8 Å². The van der Waals surface area contributed by atoms with Crippen LogP contribution in [0.15, 0.2) is 30.5 Å². The zero-order valence-corrected chi connectivity index (χ0v) is 13.3. The Morgan fingerprint density at radius 2 is 2.04 bits per heavy atom. The lowest BCUT2D eigenvalue weighted by Crippen LogP contribution is -2.12. The van der Waals surface area contributed by atoms with E-state index in [2.05, 4.69) is 25.5 Å². The number of amides is 1. The number of carbonyl (C=O) groups excluding carboxylic acids is 1. The number of nitrogens with zero attached hydrogens (tertiary/aromatic N) is 3. The number of hydrogen-bond acceptors (Lipinski definition) is 6. The van der Waals surface area contributed by atoms with Gasteiger partial charge in [-0.3, -0.25) is 9.89 Å². The van der Waals surface area contributed by atoms with Crippen molar-refractivity contribution in [1.82, 2.24) is 20.2 Å². The summed E-state index contributed by atoms with van der Waals surface area (Å²) in [6.45, 7) is 3.71. The number of carbonyl (C=O) groups is 1. The van der Waals surface area contributed by atoms with Crippen LogP contribution in [0.2, 0.25) is 0 Å². The molecule has 3 rings (SSSR count). The number of rotatable bonds is 4. The van der Waals surface area contributed by atoms with E-state index in [-0.39, 0.29) is 0 Å². The highest BCUT2D eigenvalue weighted by Gasteiger charge is 2.10. The minimum atomic E-state index is -0.460. The average Bonchev–Trinajstić information content (AvgIpc) is 2.93. The summed E-state index contributed by atoms with van der Waals surface area (Å²) < 4.78 is 0. The lowest BCUT2D eigenvalue weighted by Gasteiger charge is -2.09. The molecule has 6 N–H and O–H groups in total. The van der Waals surface area contributed by atoms with Crippen LogP contribution in [0.4, 0.5) is 17.5 Å². The summed E-state index contributed by atoms with van der Waals surface area (Å²) in [4.78, 5) is 19.8. The molecule has 0 spiro atoms. The quantitative estimate of drug-likeness (QED) is 0.579. The van der Waals surface area contributed by atoms with Gasteiger partial charge in [-0.1, -0.05) is 0 Å². The maximum atomic E-state index is 11.3. The third-order valence-corrected chi connectivity index (χ3v) is 3.55. The van der Waals surface area contributed by atoms with E-state index in [0.717, 1.165) is 16.9 Å². The first kappa shape index (κ1) is 15.5. The SMILES string of the molecule is Cc1cc(-c2cnc(Nc3ccc(C(N)=O)c(C)c3)nc2N)n[nH]1. The zero-order chi connectivity index (χ0) is 17.3. The van der Waals surface area contributed by atoms with Crippen molar-refractivity contribution >= 4 is 23.4 Å². The number of benzene rings is 1. The maximum Gasteiger partial charge on any atom is 0.248 e. The molecular weight excluding hydrogens is 306 g/mol. The highest BCUT2D eigenvalue weighted by atomic mass is 16.1. The van der Waals surface area contributed by atoms with E-state index in [1.807, 2.05) is 19.9 Å². The zero-order valence-electron chi connectivity index (χ0n) is 13.3. The Labute approximate surface area is 138 Å². The van der Waals surface area contributed by atoms with Crippen molar-refractivity contribution in [3.63, 3.8) is 0 Å². The Kier molecular flexibility index (Phi) is 3.87. The van der Waals surface area contributed by atoms with Gasteiger partial charge in [0.15, 0.2) is 0 Å². The number of hydrogen-bond donors (Lipinski definition) is 4. The molecule has 1 aromatic carbocycles. The number of aromatic nitrogens is 4. The second kappa shape index (κ2) is 5.99. The summed E-state index contributed by atoms with van der Waals surface area (Å²) in [5.41, 5.74) is 15.6. The maximum absolute atomic E-state index is 11.3. The summed E-state index contributed by atoms with van der Waals surface area (Å²) in [5.74, 6) is 0.220. The number of anilines is 3. The van der Waals surface area contributed by atoms with E-state index in [1.165, 1.54) is 0 Å². The van der Waals surface area contributed by atoms with Gasteiger partial charge in [0.2, 0.25) is 11.9 Å². The fourth-order valence-electron chi connectivity index (χ4n) is 2.36. The van der Waals surface area contributed by atoms with Crippen LogP contribution in [0.3, 0.4) is 0 Å². The number of nitrogens with one attached hydrogen (secondary N) is 2. The Morgan fingerprint density at radius 1 is 1.25 bits per heavy atom. The molecule has 0 saturated heterocycles. The Balaban J connectivity index is 1.85. The van der Waals surface area contributed by atoms with Crippen LogP contribution < -0.4 is 16.8 Å². The lowest BCUT2D eigenvalue weighted by atomic mass is 10.1. The largest absolute Gasteiger partial charge is 0.383 e. The normalized spacial score (nSPS) is 10.6. The van der Waals surface area contributed by atoms with Gasteiger partial charge in [0, 0.05) is 23.1 Å².